The molecular weight excluding hydrogens is 288 g/mol. The van der Waals surface area contributed by atoms with Crippen LogP contribution < -0.4 is 10.1 Å². The van der Waals surface area contributed by atoms with Crippen LogP contribution in [-0.4, -0.2) is 43.6 Å². The van der Waals surface area contributed by atoms with Crippen molar-refractivity contribution in [2.45, 2.75) is 45.6 Å². The lowest BCUT2D eigenvalue weighted by Gasteiger charge is -2.33. The predicted molar refractivity (Wildman–Crippen MR) is 93.8 cm³/mol. The molecule has 2 rings (SSSR count). The SMILES string of the molecule is CC(C)COc1ccc(C(C)(C)C(=O)N(C)C2CCNC2)cc1. The van der Waals surface area contributed by atoms with Crippen LogP contribution in [0, 0.1) is 5.92 Å². The summed E-state index contributed by atoms with van der Waals surface area (Å²) in [5.74, 6) is 1.53. The van der Waals surface area contributed by atoms with Gasteiger partial charge in [-0.15, -0.1) is 0 Å². The van der Waals surface area contributed by atoms with Crippen LogP contribution in [0.15, 0.2) is 24.3 Å². The van der Waals surface area contributed by atoms with E-state index in [2.05, 4.69) is 19.2 Å². The molecule has 0 radical (unpaired) electrons. The van der Waals surface area contributed by atoms with E-state index in [9.17, 15) is 4.79 Å². The second-order valence-electron chi connectivity index (χ2n) is 7.42. The van der Waals surface area contributed by atoms with E-state index < -0.39 is 5.41 Å². The van der Waals surface area contributed by atoms with Gasteiger partial charge in [0.1, 0.15) is 5.75 Å². The van der Waals surface area contributed by atoms with Gasteiger partial charge in [0.2, 0.25) is 5.91 Å². The van der Waals surface area contributed by atoms with E-state index >= 15 is 0 Å². The second kappa shape index (κ2) is 7.35. The Morgan fingerprint density at radius 3 is 2.52 bits per heavy atom. The molecule has 1 N–H and O–H groups in total. The molecule has 4 heteroatoms. The first kappa shape index (κ1) is 17.8. The summed E-state index contributed by atoms with van der Waals surface area (Å²) in [5.41, 5.74) is 0.491. The van der Waals surface area contributed by atoms with Crippen molar-refractivity contribution in [1.82, 2.24) is 10.2 Å². The van der Waals surface area contributed by atoms with Gasteiger partial charge in [0.15, 0.2) is 0 Å². The van der Waals surface area contributed by atoms with Crippen molar-refractivity contribution >= 4 is 5.91 Å². The van der Waals surface area contributed by atoms with Crippen LogP contribution in [0.5, 0.6) is 5.75 Å². The molecule has 1 aliphatic rings. The van der Waals surface area contributed by atoms with E-state index in [0.29, 0.717) is 18.6 Å². The summed E-state index contributed by atoms with van der Waals surface area (Å²) >= 11 is 0. The molecule has 0 saturated carbocycles. The van der Waals surface area contributed by atoms with Crippen molar-refractivity contribution in [3.05, 3.63) is 29.8 Å². The number of nitrogens with one attached hydrogen (secondary N) is 1. The summed E-state index contributed by atoms with van der Waals surface area (Å²) in [6, 6.07) is 8.24. The fraction of sp³-hybridized carbons (Fsp3) is 0.632. The molecule has 1 amide bonds. The zero-order valence-electron chi connectivity index (χ0n) is 15.1. The molecule has 0 spiro atoms. The number of ether oxygens (including phenoxy) is 1. The van der Waals surface area contributed by atoms with Gasteiger partial charge in [0, 0.05) is 19.6 Å². The molecule has 23 heavy (non-hydrogen) atoms. The molecule has 1 aromatic rings. The van der Waals surface area contributed by atoms with Crippen LogP contribution in [0.4, 0.5) is 0 Å². The molecule has 1 fully saturated rings. The second-order valence-corrected chi connectivity index (χ2v) is 7.42. The van der Waals surface area contributed by atoms with Crippen molar-refractivity contribution in [3.63, 3.8) is 0 Å². The van der Waals surface area contributed by atoms with Gasteiger partial charge in [0.25, 0.3) is 0 Å². The Kier molecular flexibility index (Phi) is 5.69. The van der Waals surface area contributed by atoms with E-state index in [-0.39, 0.29) is 5.91 Å². The number of hydrogen-bond donors (Lipinski definition) is 1. The molecule has 0 bridgehead atoms. The molecule has 128 valence electrons. The lowest BCUT2D eigenvalue weighted by atomic mass is 9.83. The average Bonchev–Trinajstić information content (AvgIpc) is 3.06. The van der Waals surface area contributed by atoms with Crippen LogP contribution in [0.2, 0.25) is 0 Å². The molecule has 1 unspecified atom stereocenters. The van der Waals surface area contributed by atoms with Crippen LogP contribution in [0.25, 0.3) is 0 Å². The van der Waals surface area contributed by atoms with E-state index in [0.717, 1.165) is 30.8 Å². The normalized spacial score (nSPS) is 18.3. The van der Waals surface area contributed by atoms with Gasteiger partial charge in [-0.2, -0.15) is 0 Å². The van der Waals surface area contributed by atoms with Crippen molar-refractivity contribution < 1.29 is 9.53 Å². The summed E-state index contributed by atoms with van der Waals surface area (Å²) in [7, 11) is 1.92. The number of benzene rings is 1. The van der Waals surface area contributed by atoms with Crippen LogP contribution in [0.3, 0.4) is 0 Å². The summed E-state index contributed by atoms with van der Waals surface area (Å²) < 4.78 is 5.72. The summed E-state index contributed by atoms with van der Waals surface area (Å²) in [6.45, 7) is 10.8. The van der Waals surface area contributed by atoms with Gasteiger partial charge < -0.3 is 15.0 Å². The van der Waals surface area contributed by atoms with Crippen LogP contribution in [0.1, 0.15) is 39.7 Å². The molecule has 1 aliphatic heterocycles. The first-order valence-corrected chi connectivity index (χ1v) is 8.53. The molecule has 0 aliphatic carbocycles. The minimum absolute atomic E-state index is 0.169. The first-order valence-electron chi connectivity index (χ1n) is 8.53. The Labute approximate surface area is 140 Å². The first-order chi connectivity index (χ1) is 10.8. The van der Waals surface area contributed by atoms with Gasteiger partial charge in [-0.25, -0.2) is 0 Å². The molecule has 4 nitrogen and oxygen atoms in total. The Morgan fingerprint density at radius 1 is 1.35 bits per heavy atom. The highest BCUT2D eigenvalue weighted by atomic mass is 16.5. The zero-order valence-corrected chi connectivity index (χ0v) is 15.1. The minimum Gasteiger partial charge on any atom is -0.493 e. The van der Waals surface area contributed by atoms with Crippen molar-refractivity contribution in [2.24, 2.45) is 5.92 Å². The van der Waals surface area contributed by atoms with Gasteiger partial charge in [-0.3, -0.25) is 4.79 Å². The smallest absolute Gasteiger partial charge is 0.232 e. The van der Waals surface area contributed by atoms with Crippen molar-refractivity contribution in [3.8, 4) is 5.75 Å². The van der Waals surface area contributed by atoms with Gasteiger partial charge in [-0.1, -0.05) is 26.0 Å². The zero-order chi connectivity index (χ0) is 17.0. The van der Waals surface area contributed by atoms with Crippen LogP contribution >= 0.6 is 0 Å². The number of carbonyl (C=O) groups is 1. The van der Waals surface area contributed by atoms with Crippen molar-refractivity contribution in [1.29, 1.82) is 0 Å². The summed E-state index contributed by atoms with van der Waals surface area (Å²) in [6.07, 6.45) is 1.03. The van der Waals surface area contributed by atoms with E-state index in [1.165, 1.54) is 0 Å². The Hall–Kier alpha value is -1.55. The van der Waals surface area contributed by atoms with Crippen molar-refractivity contribution in [2.75, 3.05) is 26.7 Å². The highest BCUT2D eigenvalue weighted by Gasteiger charge is 2.35. The van der Waals surface area contributed by atoms with E-state index in [4.69, 9.17) is 4.74 Å². The largest absolute Gasteiger partial charge is 0.493 e. The maximum atomic E-state index is 12.9. The molecule has 1 heterocycles. The molecule has 1 aromatic carbocycles. The molecule has 1 atom stereocenters. The minimum atomic E-state index is -0.534. The average molecular weight is 318 g/mol. The topological polar surface area (TPSA) is 41.6 Å². The van der Waals surface area contributed by atoms with Gasteiger partial charge >= 0.3 is 0 Å². The third-order valence-corrected chi connectivity index (χ3v) is 4.60. The standard InChI is InChI=1S/C19H30N2O2/c1-14(2)13-23-17-8-6-15(7-9-17)19(3,4)18(22)21(5)16-10-11-20-12-16/h6-9,14,16,20H,10-13H2,1-5H3. The fourth-order valence-corrected chi connectivity index (χ4v) is 2.93. The highest BCUT2D eigenvalue weighted by molar-refractivity contribution is 5.87. The van der Waals surface area contributed by atoms with Gasteiger partial charge in [-0.05, 0) is 50.4 Å². The Bertz CT molecular complexity index is 517. The molecular formula is C19H30N2O2. The predicted octanol–water partition coefficient (Wildman–Crippen LogP) is 2.82. The van der Waals surface area contributed by atoms with E-state index in [1.54, 1.807) is 0 Å². The summed E-state index contributed by atoms with van der Waals surface area (Å²) in [4.78, 5) is 14.8. The van der Waals surface area contributed by atoms with Crippen LogP contribution in [-0.2, 0) is 10.2 Å². The number of likely N-dealkylation sites (N-methyl/N-ethyl adjacent to an activating group) is 1. The number of amides is 1. The number of nitrogens with zero attached hydrogens (tertiary/aromatic N) is 1. The lowest BCUT2D eigenvalue weighted by molar-refractivity contribution is -0.136. The highest BCUT2D eigenvalue weighted by Crippen LogP contribution is 2.28. The third kappa shape index (κ3) is 4.25. The summed E-state index contributed by atoms with van der Waals surface area (Å²) in [5, 5.41) is 3.32. The number of carbonyl (C=O) groups excluding carboxylic acids is 1. The maximum Gasteiger partial charge on any atom is 0.232 e. The van der Waals surface area contributed by atoms with E-state index in [1.807, 2.05) is 50.1 Å². The molecule has 1 saturated heterocycles. The Balaban J connectivity index is 2.07. The number of hydrogen-bond acceptors (Lipinski definition) is 3. The lowest BCUT2D eigenvalue weighted by Crippen LogP contribution is -2.47. The third-order valence-electron chi connectivity index (χ3n) is 4.60. The fourth-order valence-electron chi connectivity index (χ4n) is 2.93. The maximum absolute atomic E-state index is 12.9. The molecule has 0 aromatic heterocycles. The Morgan fingerprint density at radius 2 is 2.00 bits per heavy atom. The quantitative estimate of drug-likeness (QED) is 0.877. The number of rotatable bonds is 6. The van der Waals surface area contributed by atoms with Gasteiger partial charge in [0.05, 0.1) is 12.0 Å². The monoisotopic (exact) mass is 318 g/mol.